The predicted octanol–water partition coefficient (Wildman–Crippen LogP) is 4.28. The van der Waals surface area contributed by atoms with Gasteiger partial charge in [0.25, 0.3) is 5.56 Å². The van der Waals surface area contributed by atoms with Crippen molar-refractivity contribution in [2.24, 2.45) is 0 Å². The quantitative estimate of drug-likeness (QED) is 0.288. The van der Waals surface area contributed by atoms with E-state index in [2.05, 4.69) is 15.3 Å². The maximum Gasteiger partial charge on any atom is 0.293 e. The Hall–Kier alpha value is -3.10. The highest BCUT2D eigenvalue weighted by Crippen LogP contribution is 2.37. The molecule has 2 aromatic heterocycles. The number of hydrogen-bond donors (Lipinski definition) is 3. The van der Waals surface area contributed by atoms with Gasteiger partial charge >= 0.3 is 0 Å². The first-order valence-corrected chi connectivity index (χ1v) is 10.3. The van der Waals surface area contributed by atoms with Crippen LogP contribution in [-0.4, -0.2) is 34.8 Å². The van der Waals surface area contributed by atoms with Gasteiger partial charge in [-0.25, -0.2) is 9.37 Å². The van der Waals surface area contributed by atoms with E-state index in [1.807, 2.05) is 54.6 Å². The minimum absolute atomic E-state index is 0.187. The molecule has 0 spiro atoms. The molecule has 2 heterocycles. The summed E-state index contributed by atoms with van der Waals surface area (Å²) in [5, 5.41) is 13.8. The van der Waals surface area contributed by atoms with E-state index in [1.165, 1.54) is 18.1 Å². The van der Waals surface area contributed by atoms with E-state index in [0.717, 1.165) is 27.2 Å². The molecule has 0 aliphatic carbocycles. The summed E-state index contributed by atoms with van der Waals surface area (Å²) in [6, 6.07) is 17.6. The number of halogens is 1. The second-order valence-corrected chi connectivity index (χ2v) is 7.91. The zero-order valence-electron chi connectivity index (χ0n) is 16.0. The molecule has 2 aromatic carbocycles. The van der Waals surface area contributed by atoms with Gasteiger partial charge in [0.15, 0.2) is 0 Å². The van der Waals surface area contributed by atoms with Gasteiger partial charge in [-0.1, -0.05) is 30.3 Å². The van der Waals surface area contributed by atoms with Crippen molar-refractivity contribution in [1.29, 1.82) is 0 Å². The molecule has 4 rings (SSSR count). The molecule has 0 bridgehead atoms. The molecular weight excluding hydrogens is 405 g/mol. The SMILES string of the molecule is O=c1[nH]cnc(C(CNCCF)Sc2ccc(-c3cc4ccccc4o3)cc2)c1O. The number of hydrogen-bond acceptors (Lipinski definition) is 6. The third kappa shape index (κ3) is 4.39. The number of furan rings is 1. The van der Waals surface area contributed by atoms with Crippen LogP contribution in [0.1, 0.15) is 10.9 Å². The summed E-state index contributed by atoms with van der Waals surface area (Å²) in [7, 11) is 0. The van der Waals surface area contributed by atoms with Gasteiger partial charge in [-0.3, -0.25) is 4.79 Å². The van der Waals surface area contributed by atoms with E-state index < -0.39 is 18.0 Å². The number of para-hydroxylation sites is 1. The minimum atomic E-state index is -0.601. The molecule has 154 valence electrons. The maximum atomic E-state index is 12.5. The van der Waals surface area contributed by atoms with E-state index in [4.69, 9.17) is 4.42 Å². The molecule has 0 aliphatic rings. The predicted molar refractivity (Wildman–Crippen MR) is 116 cm³/mol. The van der Waals surface area contributed by atoms with E-state index in [1.54, 1.807) is 0 Å². The molecule has 4 aromatic rings. The Morgan fingerprint density at radius 1 is 1.20 bits per heavy atom. The average molecular weight is 425 g/mol. The molecule has 0 fully saturated rings. The first-order valence-electron chi connectivity index (χ1n) is 9.44. The molecule has 0 saturated carbocycles. The lowest BCUT2D eigenvalue weighted by Gasteiger charge is -2.17. The summed E-state index contributed by atoms with van der Waals surface area (Å²) in [5.41, 5.74) is 1.44. The number of thioether (sulfide) groups is 1. The van der Waals surface area contributed by atoms with E-state index in [-0.39, 0.29) is 17.5 Å². The lowest BCUT2D eigenvalue weighted by molar-refractivity contribution is 0.446. The monoisotopic (exact) mass is 425 g/mol. The van der Waals surface area contributed by atoms with Crippen molar-refractivity contribution >= 4 is 22.7 Å². The summed E-state index contributed by atoms with van der Waals surface area (Å²) >= 11 is 1.43. The highest BCUT2D eigenvalue weighted by Gasteiger charge is 2.20. The van der Waals surface area contributed by atoms with Gasteiger partial charge in [-0.2, -0.15) is 0 Å². The molecule has 0 aliphatic heterocycles. The number of alkyl halides is 1. The topological polar surface area (TPSA) is 91.2 Å². The molecule has 30 heavy (non-hydrogen) atoms. The Labute approximate surface area is 176 Å². The van der Waals surface area contributed by atoms with Gasteiger partial charge < -0.3 is 19.8 Å². The number of nitrogens with one attached hydrogen (secondary N) is 2. The Bertz CT molecular complexity index is 1160. The van der Waals surface area contributed by atoms with Crippen molar-refractivity contribution in [2.75, 3.05) is 19.8 Å². The first kappa shape index (κ1) is 20.2. The van der Waals surface area contributed by atoms with Crippen LogP contribution in [-0.2, 0) is 0 Å². The number of fused-ring (bicyclic) bond motifs is 1. The summed E-state index contributed by atoms with van der Waals surface area (Å²) in [6.07, 6.45) is 1.25. The van der Waals surface area contributed by atoms with Crippen LogP contribution >= 0.6 is 11.8 Å². The number of nitrogens with zero attached hydrogens (tertiary/aromatic N) is 1. The molecule has 1 unspecified atom stereocenters. The molecule has 1 atom stereocenters. The van der Waals surface area contributed by atoms with E-state index in [0.29, 0.717) is 6.54 Å². The Morgan fingerprint density at radius 2 is 2.00 bits per heavy atom. The zero-order valence-corrected chi connectivity index (χ0v) is 16.8. The second-order valence-electron chi connectivity index (χ2n) is 6.64. The van der Waals surface area contributed by atoms with Crippen molar-refractivity contribution in [3.63, 3.8) is 0 Å². The Balaban J connectivity index is 1.56. The zero-order chi connectivity index (χ0) is 20.9. The van der Waals surface area contributed by atoms with E-state index >= 15 is 0 Å². The Kier molecular flexibility index (Phi) is 6.15. The third-order valence-electron chi connectivity index (χ3n) is 4.61. The van der Waals surface area contributed by atoms with Gasteiger partial charge in [0, 0.05) is 28.9 Å². The summed E-state index contributed by atoms with van der Waals surface area (Å²) in [4.78, 5) is 19.2. The molecule has 0 amide bonds. The lowest BCUT2D eigenvalue weighted by Crippen LogP contribution is -2.24. The number of rotatable bonds is 8. The first-order chi connectivity index (χ1) is 14.7. The van der Waals surface area contributed by atoms with Crippen molar-refractivity contribution in [3.8, 4) is 17.1 Å². The van der Waals surface area contributed by atoms with Gasteiger partial charge in [0.05, 0.1) is 11.6 Å². The summed E-state index contributed by atoms with van der Waals surface area (Å²) < 4.78 is 18.4. The number of aromatic amines is 1. The second kappa shape index (κ2) is 9.15. The fourth-order valence-corrected chi connectivity index (χ4v) is 4.23. The van der Waals surface area contributed by atoms with E-state index in [9.17, 15) is 14.3 Å². The fraction of sp³-hybridized carbons (Fsp3) is 0.182. The van der Waals surface area contributed by atoms with Crippen LogP contribution in [0.3, 0.4) is 0 Å². The van der Waals surface area contributed by atoms with Gasteiger partial charge in [0.1, 0.15) is 23.7 Å². The van der Waals surface area contributed by atoms with Crippen LogP contribution in [0.15, 0.2) is 75.0 Å². The van der Waals surface area contributed by atoms with Crippen LogP contribution < -0.4 is 10.9 Å². The Morgan fingerprint density at radius 3 is 2.77 bits per heavy atom. The van der Waals surface area contributed by atoms with Crippen molar-refractivity contribution in [3.05, 3.63) is 77.0 Å². The van der Waals surface area contributed by atoms with Crippen molar-refractivity contribution in [1.82, 2.24) is 15.3 Å². The molecular formula is C22H20FN3O3S. The highest BCUT2D eigenvalue weighted by atomic mass is 32.2. The molecule has 0 saturated heterocycles. The van der Waals surface area contributed by atoms with Crippen LogP contribution in [0.2, 0.25) is 0 Å². The fourth-order valence-electron chi connectivity index (χ4n) is 3.12. The van der Waals surface area contributed by atoms with Gasteiger partial charge in [-0.05, 0) is 24.3 Å². The average Bonchev–Trinajstić information content (AvgIpc) is 3.20. The van der Waals surface area contributed by atoms with Crippen LogP contribution in [0.5, 0.6) is 5.75 Å². The van der Waals surface area contributed by atoms with Crippen LogP contribution in [0.4, 0.5) is 4.39 Å². The molecule has 8 heteroatoms. The van der Waals surface area contributed by atoms with Crippen LogP contribution in [0, 0.1) is 0 Å². The smallest absolute Gasteiger partial charge is 0.293 e. The normalized spacial score (nSPS) is 12.3. The number of aromatic nitrogens is 2. The van der Waals surface area contributed by atoms with Gasteiger partial charge in [0.2, 0.25) is 5.75 Å². The standard InChI is InChI=1S/C22H20FN3O3S/c23-9-10-24-12-19(20-21(27)22(28)26-13-25-20)30-16-7-5-14(6-8-16)18-11-15-3-1-2-4-17(15)29-18/h1-8,11,13,19,24,27H,9-10,12H2,(H,25,26,28). The largest absolute Gasteiger partial charge is 0.502 e. The summed E-state index contributed by atoms with van der Waals surface area (Å²) in [6.45, 7) is 0.0360. The third-order valence-corrected chi connectivity index (χ3v) is 5.82. The van der Waals surface area contributed by atoms with Crippen LogP contribution in [0.25, 0.3) is 22.3 Å². The van der Waals surface area contributed by atoms with Crippen molar-refractivity contribution in [2.45, 2.75) is 10.1 Å². The number of benzene rings is 2. The lowest BCUT2D eigenvalue weighted by atomic mass is 10.1. The maximum absolute atomic E-state index is 12.5. The number of aromatic hydroxyl groups is 1. The molecule has 3 N–H and O–H groups in total. The number of H-pyrrole nitrogens is 1. The van der Waals surface area contributed by atoms with Crippen molar-refractivity contribution < 1.29 is 13.9 Å². The highest BCUT2D eigenvalue weighted by molar-refractivity contribution is 7.99. The molecule has 6 nitrogen and oxygen atoms in total. The molecule has 0 radical (unpaired) electrons. The summed E-state index contributed by atoms with van der Waals surface area (Å²) in [5.74, 6) is 0.360. The minimum Gasteiger partial charge on any atom is -0.502 e. The van der Waals surface area contributed by atoms with Gasteiger partial charge in [-0.15, -0.1) is 11.8 Å².